The molecule has 27 heavy (non-hydrogen) atoms. The molecule has 2 rings (SSSR count). The molecule has 0 radical (unpaired) electrons. The molecule has 0 aliphatic carbocycles. The zero-order valence-electron chi connectivity index (χ0n) is 15.4. The minimum atomic E-state index is -3.43. The van der Waals surface area contributed by atoms with E-state index in [1.54, 1.807) is 6.07 Å². The van der Waals surface area contributed by atoms with Gasteiger partial charge in [0, 0.05) is 11.8 Å². The highest BCUT2D eigenvalue weighted by Gasteiger charge is 2.17. The number of benzene rings is 2. The molecule has 0 heterocycles. The van der Waals surface area contributed by atoms with E-state index in [1.165, 1.54) is 26.2 Å². The van der Waals surface area contributed by atoms with Crippen molar-refractivity contribution in [2.75, 3.05) is 22.9 Å². The van der Waals surface area contributed by atoms with Gasteiger partial charge in [0.05, 0.1) is 18.6 Å². The number of nitrogens with two attached hydrogens (primary N) is 1. The van der Waals surface area contributed by atoms with Crippen LogP contribution in [0.5, 0.6) is 5.75 Å². The summed E-state index contributed by atoms with van der Waals surface area (Å²) in [5.74, 6) is -0.137. The number of nitrogens with one attached hydrogen (secondary N) is 2. The van der Waals surface area contributed by atoms with Crippen LogP contribution < -0.4 is 20.5 Å². The smallest absolute Gasteiger partial charge is 0.245 e. The fourth-order valence-electron chi connectivity index (χ4n) is 2.24. The molecule has 0 saturated carbocycles. The molecular weight excluding hydrogens is 390 g/mol. The number of amides is 1. The van der Waals surface area contributed by atoms with Gasteiger partial charge in [0.15, 0.2) is 0 Å². The molecule has 0 spiro atoms. The van der Waals surface area contributed by atoms with Gasteiger partial charge in [-0.1, -0.05) is 29.8 Å². The lowest BCUT2D eigenvalue weighted by Crippen LogP contribution is -2.27. The van der Waals surface area contributed by atoms with Gasteiger partial charge in [-0.2, -0.15) is 0 Å². The Kier molecular flexibility index (Phi) is 8.08. The Bertz CT molecular complexity index is 886. The molecule has 148 valence electrons. The van der Waals surface area contributed by atoms with Gasteiger partial charge in [-0.05, 0) is 31.5 Å². The Hall–Kier alpha value is -2.29. The van der Waals surface area contributed by atoms with Crippen LogP contribution >= 0.6 is 12.4 Å². The number of anilines is 2. The largest absolute Gasteiger partial charge is 0.494 e. The Labute approximate surface area is 165 Å². The normalized spacial score (nSPS) is 11.9. The summed E-state index contributed by atoms with van der Waals surface area (Å²) < 4.78 is 31.1. The lowest BCUT2D eigenvalue weighted by atomic mass is 10.1. The Morgan fingerprint density at radius 1 is 1.19 bits per heavy atom. The molecule has 0 aliphatic rings. The summed E-state index contributed by atoms with van der Waals surface area (Å²) in [7, 11) is -2.01. The van der Waals surface area contributed by atoms with Gasteiger partial charge in [-0.3, -0.25) is 9.52 Å². The van der Waals surface area contributed by atoms with Crippen molar-refractivity contribution in [2.45, 2.75) is 19.9 Å². The Balaban J connectivity index is 0.00000364. The molecule has 1 atom stereocenters. The van der Waals surface area contributed by atoms with Crippen molar-refractivity contribution in [2.24, 2.45) is 5.73 Å². The summed E-state index contributed by atoms with van der Waals surface area (Å²) in [4.78, 5) is 12.4. The first-order chi connectivity index (χ1) is 12.3. The monoisotopic (exact) mass is 413 g/mol. The molecule has 0 saturated heterocycles. The van der Waals surface area contributed by atoms with Gasteiger partial charge >= 0.3 is 0 Å². The molecule has 4 N–H and O–H groups in total. The second-order valence-corrected chi connectivity index (χ2v) is 7.81. The lowest BCUT2D eigenvalue weighted by Gasteiger charge is -2.15. The van der Waals surface area contributed by atoms with Crippen LogP contribution in [0.25, 0.3) is 0 Å². The van der Waals surface area contributed by atoms with E-state index in [0.29, 0.717) is 22.7 Å². The van der Waals surface area contributed by atoms with Gasteiger partial charge in [-0.15, -0.1) is 12.4 Å². The topological polar surface area (TPSA) is 111 Å². The molecule has 7 nitrogen and oxygen atoms in total. The van der Waals surface area contributed by atoms with Crippen LogP contribution in [-0.4, -0.2) is 27.2 Å². The van der Waals surface area contributed by atoms with E-state index >= 15 is 0 Å². The van der Waals surface area contributed by atoms with Crippen molar-refractivity contribution in [1.29, 1.82) is 0 Å². The maximum absolute atomic E-state index is 12.4. The summed E-state index contributed by atoms with van der Waals surface area (Å²) >= 11 is 0. The maximum atomic E-state index is 12.4. The first-order valence-corrected chi connectivity index (χ1v) is 9.72. The second kappa shape index (κ2) is 9.59. The number of ether oxygens (including phenoxy) is 1. The molecule has 0 fully saturated rings. The van der Waals surface area contributed by atoms with Crippen molar-refractivity contribution in [1.82, 2.24) is 0 Å². The maximum Gasteiger partial charge on any atom is 0.245 e. The molecule has 9 heteroatoms. The van der Waals surface area contributed by atoms with Gasteiger partial charge in [0.1, 0.15) is 11.8 Å². The molecule has 0 bridgehead atoms. The van der Waals surface area contributed by atoms with Crippen LogP contribution in [0.1, 0.15) is 24.1 Å². The van der Waals surface area contributed by atoms with E-state index in [9.17, 15) is 13.2 Å². The van der Waals surface area contributed by atoms with Crippen LogP contribution in [0.4, 0.5) is 11.4 Å². The highest BCUT2D eigenvalue weighted by Crippen LogP contribution is 2.29. The van der Waals surface area contributed by atoms with Crippen molar-refractivity contribution in [3.8, 4) is 5.75 Å². The van der Waals surface area contributed by atoms with E-state index in [4.69, 9.17) is 10.5 Å². The first-order valence-electron chi connectivity index (χ1n) is 8.07. The average molecular weight is 414 g/mol. The number of hydrogen-bond donors (Lipinski definition) is 3. The van der Waals surface area contributed by atoms with E-state index in [1.807, 2.05) is 31.2 Å². The predicted molar refractivity (Wildman–Crippen MR) is 110 cm³/mol. The molecule has 0 aliphatic heterocycles. The summed E-state index contributed by atoms with van der Waals surface area (Å²) in [6.45, 7) is 3.49. The van der Waals surface area contributed by atoms with E-state index in [2.05, 4.69) is 10.0 Å². The van der Waals surface area contributed by atoms with Gasteiger partial charge in [0.25, 0.3) is 0 Å². The first kappa shape index (κ1) is 22.8. The summed E-state index contributed by atoms with van der Waals surface area (Å²) in [6, 6.07) is 11.2. The lowest BCUT2D eigenvalue weighted by molar-refractivity contribution is -0.117. The number of hydrogen-bond acceptors (Lipinski definition) is 5. The van der Waals surface area contributed by atoms with Crippen LogP contribution in [0.15, 0.2) is 42.5 Å². The minimum Gasteiger partial charge on any atom is -0.494 e. The molecular formula is C18H24ClN3O4S. The van der Waals surface area contributed by atoms with E-state index in [-0.39, 0.29) is 24.1 Å². The number of rotatable bonds is 7. The second-order valence-electron chi connectivity index (χ2n) is 5.80. The minimum absolute atomic E-state index is 0. The number of aryl methyl sites for hydroxylation is 1. The molecule has 1 amide bonds. The Morgan fingerprint density at radius 3 is 2.37 bits per heavy atom. The molecule has 1 unspecified atom stereocenters. The summed E-state index contributed by atoms with van der Waals surface area (Å²) in [5, 5.41) is 2.71. The standard InChI is InChI=1S/C18H23N3O4S.ClH/c1-4-26(23,24)21-15-10-9-14(11-16(15)25-3)20-18(22)17(19)13-7-5-12(2)6-8-13;/h5-11,17,21H,4,19H2,1-3H3,(H,20,22);1H. The van der Waals surface area contributed by atoms with Crippen molar-refractivity contribution in [3.05, 3.63) is 53.6 Å². The SMILES string of the molecule is CCS(=O)(=O)Nc1ccc(NC(=O)C(N)c2ccc(C)cc2)cc1OC.Cl. The van der Waals surface area contributed by atoms with Crippen molar-refractivity contribution < 1.29 is 17.9 Å². The van der Waals surface area contributed by atoms with Gasteiger partial charge in [-0.25, -0.2) is 8.42 Å². The predicted octanol–water partition coefficient (Wildman–Crippen LogP) is 2.83. The number of methoxy groups -OCH3 is 1. The van der Waals surface area contributed by atoms with Crippen molar-refractivity contribution in [3.63, 3.8) is 0 Å². The third-order valence-electron chi connectivity index (χ3n) is 3.83. The molecule has 0 aromatic heterocycles. The number of carbonyl (C=O) groups is 1. The quantitative estimate of drug-likeness (QED) is 0.646. The zero-order valence-corrected chi connectivity index (χ0v) is 17.0. The zero-order chi connectivity index (χ0) is 19.3. The third kappa shape index (κ3) is 6.13. The van der Waals surface area contributed by atoms with Crippen LogP contribution in [0.2, 0.25) is 0 Å². The van der Waals surface area contributed by atoms with Crippen molar-refractivity contribution >= 4 is 39.7 Å². The highest BCUT2D eigenvalue weighted by molar-refractivity contribution is 7.92. The molecule has 2 aromatic carbocycles. The summed E-state index contributed by atoms with van der Waals surface area (Å²) in [6.07, 6.45) is 0. The third-order valence-corrected chi connectivity index (χ3v) is 5.12. The van der Waals surface area contributed by atoms with Gasteiger partial charge < -0.3 is 15.8 Å². The van der Waals surface area contributed by atoms with E-state index < -0.39 is 16.1 Å². The molecule has 2 aromatic rings. The number of halogens is 1. The number of carbonyl (C=O) groups excluding carboxylic acids is 1. The van der Waals surface area contributed by atoms with Crippen LogP contribution in [0, 0.1) is 6.92 Å². The Morgan fingerprint density at radius 2 is 1.81 bits per heavy atom. The van der Waals surface area contributed by atoms with Gasteiger partial charge in [0.2, 0.25) is 15.9 Å². The fourth-order valence-corrected chi connectivity index (χ4v) is 2.89. The summed E-state index contributed by atoms with van der Waals surface area (Å²) in [5.41, 5.74) is 8.54. The van der Waals surface area contributed by atoms with Crippen LogP contribution in [0.3, 0.4) is 0 Å². The highest BCUT2D eigenvalue weighted by atomic mass is 35.5. The van der Waals surface area contributed by atoms with E-state index in [0.717, 1.165) is 5.56 Å². The number of sulfonamides is 1. The average Bonchev–Trinajstić information content (AvgIpc) is 2.62. The fraction of sp³-hybridized carbons (Fsp3) is 0.278. The van der Waals surface area contributed by atoms with Crippen LogP contribution in [-0.2, 0) is 14.8 Å².